The van der Waals surface area contributed by atoms with Gasteiger partial charge in [-0.15, -0.1) is 0 Å². The van der Waals surface area contributed by atoms with E-state index in [0.29, 0.717) is 0 Å². The van der Waals surface area contributed by atoms with E-state index >= 15 is 0 Å². The van der Waals surface area contributed by atoms with Crippen LogP contribution in [0.3, 0.4) is 0 Å². The van der Waals surface area contributed by atoms with Gasteiger partial charge in [-0.2, -0.15) is 5.10 Å². The standard InChI is InChI=1S/C10H14N4/c1-10(2,11)5-8-6-12-9-3-4-13-14(9)7-8/h3-4,6-7H,5,11H2,1-2H3. The lowest BCUT2D eigenvalue weighted by molar-refractivity contribution is 0.514. The first kappa shape index (κ1) is 9.15. The molecule has 2 aromatic heterocycles. The van der Waals surface area contributed by atoms with Crippen molar-refractivity contribution in [2.75, 3.05) is 0 Å². The number of fused-ring (bicyclic) bond motifs is 1. The van der Waals surface area contributed by atoms with Crippen LogP contribution in [-0.2, 0) is 6.42 Å². The third kappa shape index (κ3) is 1.90. The molecule has 0 saturated carbocycles. The second-order valence-electron chi connectivity index (χ2n) is 4.26. The van der Waals surface area contributed by atoms with Crippen molar-refractivity contribution in [2.24, 2.45) is 5.73 Å². The zero-order chi connectivity index (χ0) is 10.2. The zero-order valence-electron chi connectivity index (χ0n) is 8.44. The van der Waals surface area contributed by atoms with Crippen LogP contribution in [0, 0.1) is 0 Å². The van der Waals surface area contributed by atoms with Crippen LogP contribution in [0.15, 0.2) is 24.7 Å². The fourth-order valence-corrected chi connectivity index (χ4v) is 1.47. The van der Waals surface area contributed by atoms with Gasteiger partial charge in [-0.1, -0.05) is 0 Å². The van der Waals surface area contributed by atoms with Crippen LogP contribution < -0.4 is 5.73 Å². The van der Waals surface area contributed by atoms with Crippen molar-refractivity contribution in [2.45, 2.75) is 25.8 Å². The molecule has 0 aliphatic rings. The van der Waals surface area contributed by atoms with Crippen molar-refractivity contribution < 1.29 is 0 Å². The molecule has 0 fully saturated rings. The van der Waals surface area contributed by atoms with Crippen LogP contribution in [0.2, 0.25) is 0 Å². The second kappa shape index (κ2) is 3.06. The molecule has 0 aliphatic heterocycles. The molecule has 2 aromatic rings. The molecule has 0 aromatic carbocycles. The van der Waals surface area contributed by atoms with Crippen molar-refractivity contribution in [3.05, 3.63) is 30.2 Å². The Kier molecular flexibility index (Phi) is 2.00. The third-order valence-corrected chi connectivity index (χ3v) is 1.96. The van der Waals surface area contributed by atoms with Gasteiger partial charge in [0.2, 0.25) is 0 Å². The van der Waals surface area contributed by atoms with E-state index in [1.807, 2.05) is 32.3 Å². The van der Waals surface area contributed by atoms with Gasteiger partial charge in [-0.3, -0.25) is 0 Å². The highest BCUT2D eigenvalue weighted by atomic mass is 15.2. The van der Waals surface area contributed by atoms with Gasteiger partial charge in [0.1, 0.15) is 0 Å². The molecule has 0 unspecified atom stereocenters. The predicted octanol–water partition coefficient (Wildman–Crippen LogP) is 1.01. The average molecular weight is 190 g/mol. The molecule has 0 spiro atoms. The molecule has 4 heteroatoms. The van der Waals surface area contributed by atoms with Crippen LogP contribution in [0.25, 0.3) is 5.65 Å². The molecule has 0 aliphatic carbocycles. The van der Waals surface area contributed by atoms with E-state index in [2.05, 4.69) is 10.1 Å². The van der Waals surface area contributed by atoms with Crippen LogP contribution >= 0.6 is 0 Å². The smallest absolute Gasteiger partial charge is 0.154 e. The quantitative estimate of drug-likeness (QED) is 0.768. The Morgan fingerprint density at radius 1 is 1.50 bits per heavy atom. The molecule has 2 heterocycles. The minimum absolute atomic E-state index is 0.206. The van der Waals surface area contributed by atoms with Gasteiger partial charge < -0.3 is 5.73 Å². The molecular weight excluding hydrogens is 176 g/mol. The Morgan fingerprint density at radius 2 is 2.29 bits per heavy atom. The topological polar surface area (TPSA) is 56.2 Å². The summed E-state index contributed by atoms with van der Waals surface area (Å²) < 4.78 is 1.76. The maximum Gasteiger partial charge on any atom is 0.154 e. The summed E-state index contributed by atoms with van der Waals surface area (Å²) in [7, 11) is 0. The van der Waals surface area contributed by atoms with Crippen LogP contribution in [0.1, 0.15) is 19.4 Å². The molecule has 4 nitrogen and oxygen atoms in total. The molecule has 2 N–H and O–H groups in total. The monoisotopic (exact) mass is 190 g/mol. The highest BCUT2D eigenvalue weighted by Crippen LogP contribution is 2.09. The lowest BCUT2D eigenvalue weighted by atomic mass is 9.98. The van der Waals surface area contributed by atoms with E-state index in [1.165, 1.54) is 0 Å². The van der Waals surface area contributed by atoms with Gasteiger partial charge in [-0.05, 0) is 25.8 Å². The second-order valence-corrected chi connectivity index (χ2v) is 4.26. The first-order valence-electron chi connectivity index (χ1n) is 4.62. The van der Waals surface area contributed by atoms with Crippen molar-refractivity contribution >= 4 is 5.65 Å². The molecule has 2 rings (SSSR count). The van der Waals surface area contributed by atoms with Crippen LogP contribution in [0.4, 0.5) is 0 Å². The molecule has 0 atom stereocenters. The van der Waals surface area contributed by atoms with Crippen molar-refractivity contribution in [1.29, 1.82) is 0 Å². The largest absolute Gasteiger partial charge is 0.325 e. The highest BCUT2D eigenvalue weighted by molar-refractivity contribution is 5.36. The summed E-state index contributed by atoms with van der Waals surface area (Å²) in [4.78, 5) is 4.27. The zero-order valence-corrected chi connectivity index (χ0v) is 8.44. The normalized spacial score (nSPS) is 12.2. The van der Waals surface area contributed by atoms with Crippen molar-refractivity contribution in [3.8, 4) is 0 Å². The molecule has 14 heavy (non-hydrogen) atoms. The first-order valence-corrected chi connectivity index (χ1v) is 4.62. The molecule has 0 amide bonds. The van der Waals surface area contributed by atoms with E-state index in [1.54, 1.807) is 10.7 Å². The summed E-state index contributed by atoms with van der Waals surface area (Å²) in [6.07, 6.45) is 6.36. The van der Waals surface area contributed by atoms with Gasteiger partial charge >= 0.3 is 0 Å². The third-order valence-electron chi connectivity index (χ3n) is 1.96. The van der Waals surface area contributed by atoms with E-state index < -0.39 is 0 Å². The Bertz CT molecular complexity index is 439. The minimum atomic E-state index is -0.206. The summed E-state index contributed by atoms with van der Waals surface area (Å²) in [5.41, 5.74) is 7.69. The van der Waals surface area contributed by atoms with E-state index in [9.17, 15) is 0 Å². The molecule has 74 valence electrons. The van der Waals surface area contributed by atoms with Gasteiger partial charge in [0.05, 0.1) is 6.20 Å². The van der Waals surface area contributed by atoms with Crippen LogP contribution in [0.5, 0.6) is 0 Å². The fraction of sp³-hybridized carbons (Fsp3) is 0.400. The molecule has 0 bridgehead atoms. The summed E-state index contributed by atoms with van der Waals surface area (Å²) in [6, 6.07) is 1.87. The molecule has 0 radical (unpaired) electrons. The minimum Gasteiger partial charge on any atom is -0.325 e. The van der Waals surface area contributed by atoms with Gasteiger partial charge in [0, 0.05) is 24.0 Å². The number of aromatic nitrogens is 3. The molecule has 0 saturated heterocycles. The van der Waals surface area contributed by atoms with E-state index in [0.717, 1.165) is 17.6 Å². The van der Waals surface area contributed by atoms with Gasteiger partial charge in [0.25, 0.3) is 0 Å². The number of hydrogen-bond donors (Lipinski definition) is 1. The summed E-state index contributed by atoms with van der Waals surface area (Å²) in [6.45, 7) is 4.00. The maximum absolute atomic E-state index is 5.93. The Hall–Kier alpha value is -1.42. The van der Waals surface area contributed by atoms with Crippen molar-refractivity contribution in [3.63, 3.8) is 0 Å². The maximum atomic E-state index is 5.93. The number of hydrogen-bond acceptors (Lipinski definition) is 3. The lowest BCUT2D eigenvalue weighted by Gasteiger charge is -2.17. The average Bonchev–Trinajstić information content (AvgIpc) is 2.47. The lowest BCUT2D eigenvalue weighted by Crippen LogP contribution is -2.34. The fourth-order valence-electron chi connectivity index (χ4n) is 1.47. The Morgan fingerprint density at radius 3 is 3.00 bits per heavy atom. The Balaban J connectivity index is 2.35. The predicted molar refractivity (Wildman–Crippen MR) is 55.0 cm³/mol. The Labute approximate surface area is 82.8 Å². The van der Waals surface area contributed by atoms with Gasteiger partial charge in [-0.25, -0.2) is 9.50 Å². The van der Waals surface area contributed by atoms with E-state index in [4.69, 9.17) is 5.73 Å². The summed E-state index contributed by atoms with van der Waals surface area (Å²) in [5, 5.41) is 4.12. The van der Waals surface area contributed by atoms with Crippen molar-refractivity contribution in [1.82, 2.24) is 14.6 Å². The van der Waals surface area contributed by atoms with Crippen LogP contribution in [-0.4, -0.2) is 20.1 Å². The summed E-state index contributed by atoms with van der Waals surface area (Å²) >= 11 is 0. The number of rotatable bonds is 2. The van der Waals surface area contributed by atoms with E-state index in [-0.39, 0.29) is 5.54 Å². The first-order chi connectivity index (χ1) is 6.54. The highest BCUT2D eigenvalue weighted by Gasteiger charge is 2.12. The molecular formula is C10H14N4. The summed E-state index contributed by atoms with van der Waals surface area (Å²) in [5.74, 6) is 0. The number of nitrogens with two attached hydrogens (primary N) is 1. The SMILES string of the molecule is CC(C)(N)Cc1cnc2ccnn2c1. The van der Waals surface area contributed by atoms with Gasteiger partial charge in [0.15, 0.2) is 5.65 Å². The number of nitrogens with zero attached hydrogens (tertiary/aromatic N) is 3.